The monoisotopic (exact) mass is 294 g/mol. The van der Waals surface area contributed by atoms with Crippen molar-refractivity contribution >= 4 is 6.09 Å². The summed E-state index contributed by atoms with van der Waals surface area (Å²) in [4.78, 5) is 21.9. The van der Waals surface area contributed by atoms with Gasteiger partial charge in [0.15, 0.2) is 0 Å². The topological polar surface area (TPSA) is 67.4 Å². The molecule has 0 radical (unpaired) electrons. The second-order valence-corrected chi connectivity index (χ2v) is 6.10. The van der Waals surface area contributed by atoms with Crippen LogP contribution in [0.25, 0.3) is 0 Å². The first kappa shape index (κ1) is 17.4. The molecule has 0 bridgehead atoms. The number of carbonyl (C=O) groups is 1. The fourth-order valence-corrected chi connectivity index (χ4v) is 1.82. The molecule has 1 amide bonds. The number of aromatic nitrogens is 2. The maximum atomic E-state index is 11.8. The molecule has 21 heavy (non-hydrogen) atoms. The molecule has 0 aliphatic carbocycles. The van der Waals surface area contributed by atoms with Gasteiger partial charge in [-0.15, -0.1) is 0 Å². The van der Waals surface area contributed by atoms with Crippen molar-refractivity contribution in [2.24, 2.45) is 0 Å². The second kappa shape index (κ2) is 7.36. The van der Waals surface area contributed by atoms with Crippen LogP contribution >= 0.6 is 0 Å². The van der Waals surface area contributed by atoms with E-state index in [0.717, 1.165) is 11.4 Å². The highest BCUT2D eigenvalue weighted by Crippen LogP contribution is 2.11. The Morgan fingerprint density at radius 2 is 2.00 bits per heavy atom. The highest BCUT2D eigenvalue weighted by molar-refractivity contribution is 5.67. The normalized spacial score (nSPS) is 12.9. The standard InChI is InChI=1S/C15H26N4O2/c1-11-13(18-8-7-16-11)12(2)17-9-10-19(6)14(20)21-15(3,4)5/h7-8,12,17H,9-10H2,1-6H3. The number of nitrogens with one attached hydrogen (secondary N) is 1. The minimum Gasteiger partial charge on any atom is -0.444 e. The van der Waals surface area contributed by atoms with Crippen LogP contribution in [0.2, 0.25) is 0 Å². The summed E-state index contributed by atoms with van der Waals surface area (Å²) in [5.74, 6) is 0. The average molecular weight is 294 g/mol. The van der Waals surface area contributed by atoms with Crippen LogP contribution in [0, 0.1) is 6.92 Å². The molecule has 0 aliphatic rings. The molecular formula is C15H26N4O2. The molecule has 6 nitrogen and oxygen atoms in total. The number of hydrogen-bond acceptors (Lipinski definition) is 5. The Bertz CT molecular complexity index is 471. The molecule has 0 spiro atoms. The molecule has 1 atom stereocenters. The van der Waals surface area contributed by atoms with Gasteiger partial charge in [-0.2, -0.15) is 0 Å². The van der Waals surface area contributed by atoms with Gasteiger partial charge < -0.3 is 15.0 Å². The third kappa shape index (κ3) is 6.08. The van der Waals surface area contributed by atoms with E-state index in [9.17, 15) is 4.79 Å². The smallest absolute Gasteiger partial charge is 0.410 e. The van der Waals surface area contributed by atoms with Gasteiger partial charge in [0, 0.05) is 38.6 Å². The number of nitrogens with zero attached hydrogens (tertiary/aromatic N) is 3. The summed E-state index contributed by atoms with van der Waals surface area (Å²) in [7, 11) is 1.73. The van der Waals surface area contributed by atoms with Crippen molar-refractivity contribution in [1.82, 2.24) is 20.2 Å². The van der Waals surface area contributed by atoms with Crippen molar-refractivity contribution in [2.45, 2.75) is 46.3 Å². The van der Waals surface area contributed by atoms with Gasteiger partial charge in [0.25, 0.3) is 0 Å². The molecule has 1 rings (SSSR count). The molecule has 1 N–H and O–H groups in total. The van der Waals surface area contributed by atoms with E-state index in [0.29, 0.717) is 13.1 Å². The minimum atomic E-state index is -0.469. The predicted molar refractivity (Wildman–Crippen MR) is 82.1 cm³/mol. The molecule has 1 heterocycles. The van der Waals surface area contributed by atoms with Crippen molar-refractivity contribution in [3.8, 4) is 0 Å². The molecule has 1 aromatic rings. The summed E-state index contributed by atoms with van der Waals surface area (Å²) in [5.41, 5.74) is 1.37. The molecule has 0 aromatic carbocycles. The fourth-order valence-electron chi connectivity index (χ4n) is 1.82. The fraction of sp³-hybridized carbons (Fsp3) is 0.667. The molecular weight excluding hydrogens is 268 g/mol. The van der Waals surface area contributed by atoms with Gasteiger partial charge in [0.05, 0.1) is 11.4 Å². The maximum absolute atomic E-state index is 11.8. The number of amides is 1. The van der Waals surface area contributed by atoms with Crippen LogP contribution in [0.3, 0.4) is 0 Å². The van der Waals surface area contributed by atoms with Crippen LogP contribution in [0.4, 0.5) is 4.79 Å². The van der Waals surface area contributed by atoms with Crippen LogP contribution < -0.4 is 5.32 Å². The lowest BCUT2D eigenvalue weighted by Crippen LogP contribution is -2.38. The van der Waals surface area contributed by atoms with Crippen LogP contribution in [-0.4, -0.2) is 46.7 Å². The van der Waals surface area contributed by atoms with E-state index in [4.69, 9.17) is 4.74 Å². The van der Waals surface area contributed by atoms with E-state index < -0.39 is 5.60 Å². The summed E-state index contributed by atoms with van der Waals surface area (Å²) in [5, 5.41) is 3.34. The Labute approximate surface area is 126 Å². The highest BCUT2D eigenvalue weighted by atomic mass is 16.6. The summed E-state index contributed by atoms with van der Waals surface area (Å²) in [6, 6.07) is 0.0886. The van der Waals surface area contributed by atoms with Gasteiger partial charge in [-0.05, 0) is 34.6 Å². The molecule has 0 saturated carbocycles. The number of hydrogen-bond donors (Lipinski definition) is 1. The largest absolute Gasteiger partial charge is 0.444 e. The van der Waals surface area contributed by atoms with Gasteiger partial charge >= 0.3 is 6.09 Å². The predicted octanol–water partition coefficient (Wildman–Crippen LogP) is 2.30. The van der Waals surface area contributed by atoms with E-state index in [1.165, 1.54) is 0 Å². The number of rotatable bonds is 5. The Hall–Kier alpha value is -1.69. The van der Waals surface area contributed by atoms with E-state index in [-0.39, 0.29) is 12.1 Å². The first-order chi connectivity index (χ1) is 9.70. The lowest BCUT2D eigenvalue weighted by Gasteiger charge is -2.25. The van der Waals surface area contributed by atoms with Gasteiger partial charge in [0.1, 0.15) is 5.60 Å². The Kier molecular flexibility index (Phi) is 6.08. The molecule has 118 valence electrons. The molecule has 0 saturated heterocycles. The maximum Gasteiger partial charge on any atom is 0.410 e. The van der Waals surface area contributed by atoms with Gasteiger partial charge in [-0.3, -0.25) is 9.97 Å². The van der Waals surface area contributed by atoms with Gasteiger partial charge in [-0.25, -0.2) is 4.79 Å². The molecule has 0 fully saturated rings. The number of ether oxygens (including phenoxy) is 1. The van der Waals surface area contributed by atoms with Crippen LogP contribution in [-0.2, 0) is 4.74 Å². The van der Waals surface area contributed by atoms with Crippen LogP contribution in [0.5, 0.6) is 0 Å². The van der Waals surface area contributed by atoms with Crippen LogP contribution in [0.1, 0.15) is 45.1 Å². The van der Waals surface area contributed by atoms with E-state index in [1.807, 2.05) is 34.6 Å². The second-order valence-electron chi connectivity index (χ2n) is 6.10. The number of aryl methyl sites for hydroxylation is 1. The summed E-state index contributed by atoms with van der Waals surface area (Å²) >= 11 is 0. The van der Waals surface area contributed by atoms with Crippen molar-refractivity contribution in [3.05, 3.63) is 23.8 Å². The van der Waals surface area contributed by atoms with Crippen molar-refractivity contribution in [2.75, 3.05) is 20.1 Å². The summed E-state index contributed by atoms with van der Waals surface area (Å²) in [6.45, 7) is 10.8. The average Bonchev–Trinajstić information content (AvgIpc) is 2.36. The van der Waals surface area contributed by atoms with Crippen molar-refractivity contribution in [1.29, 1.82) is 0 Å². The lowest BCUT2D eigenvalue weighted by molar-refractivity contribution is 0.0299. The molecule has 1 unspecified atom stereocenters. The minimum absolute atomic E-state index is 0.0886. The van der Waals surface area contributed by atoms with Crippen LogP contribution in [0.15, 0.2) is 12.4 Å². The molecule has 6 heteroatoms. The molecule has 1 aromatic heterocycles. The van der Waals surface area contributed by atoms with Crippen molar-refractivity contribution in [3.63, 3.8) is 0 Å². The highest BCUT2D eigenvalue weighted by Gasteiger charge is 2.19. The van der Waals surface area contributed by atoms with E-state index in [1.54, 1.807) is 24.3 Å². The molecule has 0 aliphatic heterocycles. The quantitative estimate of drug-likeness (QED) is 0.902. The zero-order chi connectivity index (χ0) is 16.0. The van der Waals surface area contributed by atoms with E-state index >= 15 is 0 Å². The van der Waals surface area contributed by atoms with Gasteiger partial charge in [0.2, 0.25) is 0 Å². The van der Waals surface area contributed by atoms with Gasteiger partial charge in [-0.1, -0.05) is 0 Å². The Morgan fingerprint density at radius 1 is 1.38 bits per heavy atom. The Morgan fingerprint density at radius 3 is 2.57 bits per heavy atom. The van der Waals surface area contributed by atoms with E-state index in [2.05, 4.69) is 15.3 Å². The zero-order valence-electron chi connectivity index (χ0n) is 13.8. The first-order valence-electron chi connectivity index (χ1n) is 7.15. The summed E-state index contributed by atoms with van der Waals surface area (Å²) < 4.78 is 5.30. The number of carbonyl (C=O) groups excluding carboxylic acids is 1. The zero-order valence-corrected chi connectivity index (χ0v) is 13.8. The van der Waals surface area contributed by atoms with Crippen molar-refractivity contribution < 1.29 is 9.53 Å². The Balaban J connectivity index is 2.40. The SMILES string of the molecule is Cc1nccnc1C(C)NCCN(C)C(=O)OC(C)(C)C. The lowest BCUT2D eigenvalue weighted by atomic mass is 10.2. The third-order valence-electron chi connectivity index (χ3n) is 2.93. The first-order valence-corrected chi connectivity index (χ1v) is 7.15. The third-order valence-corrected chi connectivity index (χ3v) is 2.93. The number of likely N-dealkylation sites (N-methyl/N-ethyl adjacent to an activating group) is 1. The summed E-state index contributed by atoms with van der Waals surface area (Å²) in [6.07, 6.45) is 3.06.